The molecule has 2 aromatic rings. The molecule has 0 bridgehead atoms. The molecule has 0 amide bonds. The van der Waals surface area contributed by atoms with Gasteiger partial charge in [0.25, 0.3) is 0 Å². The zero-order chi connectivity index (χ0) is 13.6. The Hall–Kier alpha value is -1.09. The summed E-state index contributed by atoms with van der Waals surface area (Å²) in [6.07, 6.45) is 4.74. The van der Waals surface area contributed by atoms with Crippen LogP contribution in [0.3, 0.4) is 0 Å². The second-order valence-electron chi connectivity index (χ2n) is 5.79. The summed E-state index contributed by atoms with van der Waals surface area (Å²) < 4.78 is 15.9. The first-order chi connectivity index (χ1) is 9.05. The SMILES string of the molecule is Cc1cc2c(cc1F)nc(CCl)n2C1(C)CCCC1. The van der Waals surface area contributed by atoms with Crippen LogP contribution in [0.4, 0.5) is 4.39 Å². The van der Waals surface area contributed by atoms with Crippen LogP contribution >= 0.6 is 11.6 Å². The number of aromatic nitrogens is 2. The highest BCUT2D eigenvalue weighted by atomic mass is 35.5. The number of alkyl halides is 1. The predicted octanol–water partition coefficient (Wildman–Crippen LogP) is 4.51. The largest absolute Gasteiger partial charge is 0.321 e. The van der Waals surface area contributed by atoms with E-state index in [4.69, 9.17) is 11.6 Å². The maximum atomic E-state index is 13.7. The average Bonchev–Trinajstić information content (AvgIpc) is 2.94. The van der Waals surface area contributed by atoms with Crippen molar-refractivity contribution >= 4 is 22.6 Å². The average molecular weight is 281 g/mol. The van der Waals surface area contributed by atoms with Crippen LogP contribution in [0.15, 0.2) is 12.1 Å². The lowest BCUT2D eigenvalue weighted by Gasteiger charge is -2.28. The quantitative estimate of drug-likeness (QED) is 0.740. The van der Waals surface area contributed by atoms with Crippen molar-refractivity contribution in [3.63, 3.8) is 0 Å². The smallest absolute Gasteiger partial charge is 0.128 e. The van der Waals surface area contributed by atoms with Gasteiger partial charge in [0.05, 0.1) is 16.9 Å². The third kappa shape index (κ3) is 1.95. The van der Waals surface area contributed by atoms with Crippen LogP contribution in [0.25, 0.3) is 11.0 Å². The molecule has 19 heavy (non-hydrogen) atoms. The molecule has 2 nitrogen and oxygen atoms in total. The van der Waals surface area contributed by atoms with Gasteiger partial charge in [0, 0.05) is 11.6 Å². The van der Waals surface area contributed by atoms with Gasteiger partial charge in [-0.3, -0.25) is 0 Å². The lowest BCUT2D eigenvalue weighted by Crippen LogP contribution is -2.27. The Kier molecular flexibility index (Phi) is 3.05. The van der Waals surface area contributed by atoms with Crippen molar-refractivity contribution in [1.82, 2.24) is 9.55 Å². The first-order valence-electron chi connectivity index (χ1n) is 6.79. The molecule has 0 radical (unpaired) electrons. The second-order valence-corrected chi connectivity index (χ2v) is 6.06. The summed E-state index contributed by atoms with van der Waals surface area (Å²) in [4.78, 5) is 4.51. The molecule has 1 aromatic carbocycles. The fraction of sp³-hybridized carbons (Fsp3) is 0.533. The summed E-state index contributed by atoms with van der Waals surface area (Å²) in [6, 6.07) is 3.42. The van der Waals surface area contributed by atoms with Crippen LogP contribution in [-0.2, 0) is 11.4 Å². The molecular formula is C15H18ClFN2. The van der Waals surface area contributed by atoms with Gasteiger partial charge in [-0.2, -0.15) is 0 Å². The van der Waals surface area contributed by atoms with Gasteiger partial charge in [-0.25, -0.2) is 9.37 Å². The van der Waals surface area contributed by atoms with Crippen molar-refractivity contribution in [1.29, 1.82) is 0 Å². The normalized spacial score (nSPS) is 18.3. The van der Waals surface area contributed by atoms with E-state index in [0.717, 1.165) is 24.2 Å². The zero-order valence-corrected chi connectivity index (χ0v) is 12.1. The fourth-order valence-electron chi connectivity index (χ4n) is 3.30. The van der Waals surface area contributed by atoms with E-state index in [0.29, 0.717) is 17.0 Å². The maximum absolute atomic E-state index is 13.7. The minimum Gasteiger partial charge on any atom is -0.321 e. The van der Waals surface area contributed by atoms with Crippen molar-refractivity contribution in [2.45, 2.75) is 50.9 Å². The van der Waals surface area contributed by atoms with Crippen LogP contribution in [0.5, 0.6) is 0 Å². The van der Waals surface area contributed by atoms with Gasteiger partial charge in [0.1, 0.15) is 11.6 Å². The van der Waals surface area contributed by atoms with Crippen LogP contribution in [-0.4, -0.2) is 9.55 Å². The molecule has 1 heterocycles. The van der Waals surface area contributed by atoms with Crippen molar-refractivity contribution in [2.24, 2.45) is 0 Å². The summed E-state index contributed by atoms with van der Waals surface area (Å²) in [6.45, 7) is 4.05. The van der Waals surface area contributed by atoms with Gasteiger partial charge < -0.3 is 4.57 Å². The highest BCUT2D eigenvalue weighted by Gasteiger charge is 2.33. The van der Waals surface area contributed by atoms with E-state index >= 15 is 0 Å². The first kappa shape index (κ1) is 12.9. The number of rotatable bonds is 2. The number of aryl methyl sites for hydroxylation is 1. The highest BCUT2D eigenvalue weighted by molar-refractivity contribution is 6.16. The Bertz CT molecular complexity index is 627. The van der Waals surface area contributed by atoms with E-state index in [9.17, 15) is 4.39 Å². The standard InChI is InChI=1S/C15H18ClFN2/c1-10-7-13-12(8-11(10)17)18-14(9-16)19(13)15(2)5-3-4-6-15/h7-8H,3-6,9H2,1-2H3. The third-order valence-corrected chi connectivity index (χ3v) is 4.58. The molecule has 0 N–H and O–H groups in total. The number of fused-ring (bicyclic) bond motifs is 1. The van der Waals surface area contributed by atoms with Gasteiger partial charge in [-0.1, -0.05) is 12.8 Å². The Morgan fingerprint density at radius 1 is 1.37 bits per heavy atom. The summed E-state index contributed by atoms with van der Waals surface area (Å²) in [7, 11) is 0. The summed E-state index contributed by atoms with van der Waals surface area (Å²) in [5.41, 5.74) is 2.46. The third-order valence-electron chi connectivity index (χ3n) is 4.34. The second kappa shape index (κ2) is 4.48. The zero-order valence-electron chi connectivity index (χ0n) is 11.3. The van der Waals surface area contributed by atoms with Crippen molar-refractivity contribution in [3.8, 4) is 0 Å². The lowest BCUT2D eigenvalue weighted by atomic mass is 9.99. The van der Waals surface area contributed by atoms with Crippen LogP contribution < -0.4 is 0 Å². The molecule has 1 aromatic heterocycles. The van der Waals surface area contributed by atoms with Gasteiger partial charge >= 0.3 is 0 Å². The summed E-state index contributed by atoms with van der Waals surface area (Å²) in [5, 5.41) is 0. The van der Waals surface area contributed by atoms with E-state index in [1.54, 1.807) is 6.92 Å². The van der Waals surface area contributed by atoms with Gasteiger partial charge in [-0.15, -0.1) is 11.6 Å². The molecule has 0 atom stereocenters. The number of benzene rings is 1. The van der Waals surface area contributed by atoms with Gasteiger partial charge in [0.2, 0.25) is 0 Å². The predicted molar refractivity (Wildman–Crippen MR) is 76.1 cm³/mol. The molecule has 1 aliphatic carbocycles. The minimum absolute atomic E-state index is 0.0727. The first-order valence-corrected chi connectivity index (χ1v) is 7.32. The molecule has 0 aliphatic heterocycles. The number of hydrogen-bond acceptors (Lipinski definition) is 1. The van der Waals surface area contributed by atoms with Crippen molar-refractivity contribution in [2.75, 3.05) is 0 Å². The van der Waals surface area contributed by atoms with E-state index in [-0.39, 0.29) is 11.4 Å². The van der Waals surface area contributed by atoms with Crippen molar-refractivity contribution in [3.05, 3.63) is 29.3 Å². The number of halogens is 2. The number of nitrogens with zero attached hydrogens (tertiary/aromatic N) is 2. The van der Waals surface area contributed by atoms with Crippen LogP contribution in [0.2, 0.25) is 0 Å². The fourth-order valence-corrected chi connectivity index (χ4v) is 3.48. The Balaban J connectivity index is 2.29. The van der Waals surface area contributed by atoms with E-state index in [1.807, 2.05) is 6.07 Å². The van der Waals surface area contributed by atoms with Crippen LogP contribution in [0.1, 0.15) is 44.0 Å². The molecule has 0 spiro atoms. The van der Waals surface area contributed by atoms with Gasteiger partial charge in [0.15, 0.2) is 0 Å². The molecule has 0 saturated heterocycles. The molecule has 3 rings (SSSR count). The number of hydrogen-bond donors (Lipinski definition) is 0. The molecular weight excluding hydrogens is 263 g/mol. The van der Waals surface area contributed by atoms with E-state index < -0.39 is 0 Å². The summed E-state index contributed by atoms with van der Waals surface area (Å²) >= 11 is 6.05. The van der Waals surface area contributed by atoms with Gasteiger partial charge in [-0.05, 0) is 38.3 Å². The Labute approximate surface area is 117 Å². The topological polar surface area (TPSA) is 17.8 Å². The molecule has 102 valence electrons. The molecule has 0 unspecified atom stereocenters. The molecule has 1 aliphatic rings. The molecule has 1 fully saturated rings. The minimum atomic E-state index is -0.199. The van der Waals surface area contributed by atoms with E-state index in [1.165, 1.54) is 18.9 Å². The molecule has 4 heteroatoms. The highest BCUT2D eigenvalue weighted by Crippen LogP contribution is 2.40. The maximum Gasteiger partial charge on any atom is 0.128 e. The number of imidazole rings is 1. The van der Waals surface area contributed by atoms with Crippen LogP contribution in [0, 0.1) is 12.7 Å². The monoisotopic (exact) mass is 280 g/mol. The Morgan fingerprint density at radius 3 is 2.68 bits per heavy atom. The lowest BCUT2D eigenvalue weighted by molar-refractivity contribution is 0.331. The van der Waals surface area contributed by atoms with E-state index in [2.05, 4.69) is 16.5 Å². The molecule has 1 saturated carbocycles. The van der Waals surface area contributed by atoms with Crippen molar-refractivity contribution < 1.29 is 4.39 Å². The summed E-state index contributed by atoms with van der Waals surface area (Å²) in [5.74, 6) is 1.02. The Morgan fingerprint density at radius 2 is 2.05 bits per heavy atom.